The first kappa shape index (κ1) is 14.6. The van der Waals surface area contributed by atoms with Crippen molar-refractivity contribution in [3.05, 3.63) is 52.0 Å². The summed E-state index contributed by atoms with van der Waals surface area (Å²) < 4.78 is 14.2. The van der Waals surface area contributed by atoms with Gasteiger partial charge in [0, 0.05) is 21.9 Å². The first-order chi connectivity index (χ1) is 10.2. The van der Waals surface area contributed by atoms with Crippen molar-refractivity contribution in [1.82, 2.24) is 0 Å². The summed E-state index contributed by atoms with van der Waals surface area (Å²) in [5.41, 5.74) is 3.79. The summed E-state index contributed by atoms with van der Waals surface area (Å²) >= 11 is 5.38. The number of rotatable bonds is 4. The van der Waals surface area contributed by atoms with Crippen LogP contribution in [-0.4, -0.2) is 14.2 Å². The molecule has 0 unspecified atom stereocenters. The molecule has 0 atom stereocenters. The number of methoxy groups -OCH3 is 2. The van der Waals surface area contributed by atoms with Crippen LogP contribution in [0.4, 0.5) is 5.69 Å². The molecule has 0 saturated carbocycles. The van der Waals surface area contributed by atoms with Gasteiger partial charge in [-0.25, -0.2) is 0 Å². The van der Waals surface area contributed by atoms with Crippen molar-refractivity contribution >= 4 is 33.6 Å². The van der Waals surface area contributed by atoms with Gasteiger partial charge in [0.05, 0.1) is 26.5 Å². The van der Waals surface area contributed by atoms with E-state index in [1.807, 2.05) is 24.1 Å². The molecule has 21 heavy (non-hydrogen) atoms. The van der Waals surface area contributed by atoms with E-state index in [2.05, 4.69) is 44.5 Å². The number of hydrogen-bond donors (Lipinski definition) is 0. The lowest BCUT2D eigenvalue weighted by Gasteiger charge is -2.20. The minimum atomic E-state index is 0.807. The highest BCUT2D eigenvalue weighted by atomic mass is 79.9. The van der Waals surface area contributed by atoms with Crippen LogP contribution in [0.1, 0.15) is 11.1 Å². The number of hydrogen-bond acceptors (Lipinski definition) is 4. The van der Waals surface area contributed by atoms with Gasteiger partial charge in [-0.2, -0.15) is 0 Å². The Morgan fingerprint density at radius 2 is 2.00 bits per heavy atom. The molecule has 0 spiro atoms. The molecule has 110 valence electrons. The van der Waals surface area contributed by atoms with E-state index < -0.39 is 0 Å². The molecule has 3 rings (SSSR count). The van der Waals surface area contributed by atoms with Crippen molar-refractivity contribution in [1.29, 1.82) is 0 Å². The Hall–Kier alpha value is -1.33. The summed E-state index contributed by atoms with van der Waals surface area (Å²) in [6.45, 7) is 0.807. The molecule has 0 aliphatic carbocycles. The Morgan fingerprint density at radius 1 is 1.14 bits per heavy atom. The monoisotopic (exact) mass is 365 g/mol. The van der Waals surface area contributed by atoms with Crippen molar-refractivity contribution in [3.8, 4) is 11.5 Å². The predicted molar refractivity (Wildman–Crippen MR) is 91.2 cm³/mol. The van der Waals surface area contributed by atoms with Crippen molar-refractivity contribution in [2.45, 2.75) is 12.3 Å². The highest BCUT2D eigenvalue weighted by Gasteiger charge is 2.21. The fourth-order valence-corrected chi connectivity index (χ4v) is 3.80. The van der Waals surface area contributed by atoms with E-state index in [9.17, 15) is 0 Å². The quantitative estimate of drug-likeness (QED) is 0.736. The van der Waals surface area contributed by atoms with Crippen molar-refractivity contribution < 1.29 is 9.47 Å². The lowest BCUT2D eigenvalue weighted by Crippen LogP contribution is -2.11. The van der Waals surface area contributed by atoms with Gasteiger partial charge >= 0.3 is 0 Å². The van der Waals surface area contributed by atoms with Crippen LogP contribution in [-0.2, 0) is 12.3 Å². The topological polar surface area (TPSA) is 21.7 Å². The van der Waals surface area contributed by atoms with Gasteiger partial charge in [-0.1, -0.05) is 22.0 Å². The number of nitrogens with zero attached hydrogens (tertiary/aromatic N) is 1. The second-order valence-corrected chi connectivity index (χ2v) is 6.66. The average Bonchev–Trinajstić information content (AvgIpc) is 2.90. The van der Waals surface area contributed by atoms with Gasteiger partial charge in [0.2, 0.25) is 0 Å². The molecule has 5 heteroatoms. The molecular weight excluding hydrogens is 350 g/mol. The standard InChI is InChI=1S/C16H16BrNO2S/c1-19-14-6-4-11(16(8-14)20-2)9-18-15-7-13(17)5-3-12(15)10-21-18/h3-8H,9-10H2,1-2H3. The van der Waals surface area contributed by atoms with Gasteiger partial charge in [0.1, 0.15) is 11.5 Å². The maximum atomic E-state index is 5.48. The highest BCUT2D eigenvalue weighted by Crippen LogP contribution is 2.41. The van der Waals surface area contributed by atoms with Crippen LogP contribution in [0.25, 0.3) is 0 Å². The third-order valence-corrected chi connectivity index (χ3v) is 5.07. The van der Waals surface area contributed by atoms with E-state index in [0.29, 0.717) is 0 Å². The first-order valence-corrected chi connectivity index (χ1v) is 8.34. The summed E-state index contributed by atoms with van der Waals surface area (Å²) in [4.78, 5) is 0. The summed E-state index contributed by atoms with van der Waals surface area (Å²) in [7, 11) is 3.36. The van der Waals surface area contributed by atoms with Gasteiger partial charge < -0.3 is 13.8 Å². The zero-order valence-corrected chi connectivity index (χ0v) is 14.3. The van der Waals surface area contributed by atoms with Crippen LogP contribution in [0.15, 0.2) is 40.9 Å². The zero-order valence-electron chi connectivity index (χ0n) is 11.9. The lowest BCUT2D eigenvalue weighted by molar-refractivity contribution is 0.391. The van der Waals surface area contributed by atoms with Gasteiger partial charge in [-0.3, -0.25) is 0 Å². The summed E-state index contributed by atoms with van der Waals surface area (Å²) in [6.07, 6.45) is 0. The van der Waals surface area contributed by atoms with Crippen molar-refractivity contribution in [2.24, 2.45) is 0 Å². The molecule has 1 heterocycles. The molecule has 0 amide bonds. The number of halogens is 1. The maximum absolute atomic E-state index is 5.48. The zero-order chi connectivity index (χ0) is 14.8. The molecule has 2 aromatic carbocycles. The molecule has 0 aromatic heterocycles. The van der Waals surface area contributed by atoms with E-state index >= 15 is 0 Å². The van der Waals surface area contributed by atoms with Gasteiger partial charge in [0.25, 0.3) is 0 Å². The van der Waals surface area contributed by atoms with Crippen LogP contribution in [0, 0.1) is 0 Å². The number of ether oxygens (including phenoxy) is 2. The van der Waals surface area contributed by atoms with Crippen LogP contribution >= 0.6 is 27.9 Å². The Balaban J connectivity index is 1.87. The molecule has 0 saturated heterocycles. The highest BCUT2D eigenvalue weighted by molar-refractivity contribution is 9.10. The SMILES string of the molecule is COc1ccc(CN2SCc3ccc(Br)cc32)c(OC)c1. The van der Waals surface area contributed by atoms with Crippen LogP contribution < -0.4 is 13.8 Å². The first-order valence-electron chi connectivity index (χ1n) is 6.61. The van der Waals surface area contributed by atoms with Gasteiger partial charge in [-0.15, -0.1) is 0 Å². The molecule has 0 radical (unpaired) electrons. The number of anilines is 1. The van der Waals surface area contributed by atoms with Crippen LogP contribution in [0.5, 0.6) is 11.5 Å². The van der Waals surface area contributed by atoms with E-state index in [4.69, 9.17) is 9.47 Å². The Labute approximate surface area is 137 Å². The lowest BCUT2D eigenvalue weighted by atomic mass is 10.1. The van der Waals surface area contributed by atoms with Crippen molar-refractivity contribution in [3.63, 3.8) is 0 Å². The van der Waals surface area contributed by atoms with Crippen LogP contribution in [0.3, 0.4) is 0 Å². The molecular formula is C16H16BrNO2S. The average molecular weight is 366 g/mol. The summed E-state index contributed by atoms with van der Waals surface area (Å²) in [5.74, 6) is 2.69. The van der Waals surface area contributed by atoms with E-state index in [1.165, 1.54) is 11.3 Å². The molecule has 0 N–H and O–H groups in total. The number of benzene rings is 2. The predicted octanol–water partition coefficient (Wildman–Crippen LogP) is 4.63. The Bertz CT molecular complexity index is 663. The van der Waals surface area contributed by atoms with Gasteiger partial charge in [0.15, 0.2) is 0 Å². The minimum Gasteiger partial charge on any atom is -0.497 e. The second-order valence-electron chi connectivity index (χ2n) is 4.76. The largest absolute Gasteiger partial charge is 0.497 e. The number of fused-ring (bicyclic) bond motifs is 1. The van der Waals surface area contributed by atoms with E-state index in [0.717, 1.165) is 33.8 Å². The molecule has 0 fully saturated rings. The van der Waals surface area contributed by atoms with Crippen molar-refractivity contribution in [2.75, 3.05) is 18.5 Å². The maximum Gasteiger partial charge on any atom is 0.127 e. The third kappa shape index (κ3) is 2.99. The van der Waals surface area contributed by atoms with E-state index in [1.54, 1.807) is 14.2 Å². The van der Waals surface area contributed by atoms with E-state index in [-0.39, 0.29) is 0 Å². The van der Waals surface area contributed by atoms with Crippen LogP contribution in [0.2, 0.25) is 0 Å². The Morgan fingerprint density at radius 3 is 2.76 bits per heavy atom. The fourth-order valence-electron chi connectivity index (χ4n) is 2.38. The fraction of sp³-hybridized carbons (Fsp3) is 0.250. The Kier molecular flexibility index (Phi) is 4.31. The van der Waals surface area contributed by atoms with Gasteiger partial charge in [-0.05, 0) is 41.8 Å². The molecule has 1 aliphatic rings. The summed E-state index contributed by atoms with van der Waals surface area (Å²) in [5, 5.41) is 0. The summed E-state index contributed by atoms with van der Waals surface area (Å²) in [6, 6.07) is 12.4. The molecule has 3 nitrogen and oxygen atoms in total. The second kappa shape index (κ2) is 6.20. The minimum absolute atomic E-state index is 0.807. The normalized spacial score (nSPS) is 13.2. The molecule has 0 bridgehead atoms. The molecule has 1 aliphatic heterocycles. The molecule has 2 aromatic rings. The smallest absolute Gasteiger partial charge is 0.127 e. The third-order valence-electron chi connectivity index (χ3n) is 3.50.